The Hall–Kier alpha value is -2.51. The molecule has 8 nitrogen and oxygen atoms in total. The van der Waals surface area contributed by atoms with E-state index in [0.717, 1.165) is 0 Å². The van der Waals surface area contributed by atoms with E-state index in [1.807, 2.05) is 0 Å². The molecule has 0 saturated heterocycles. The van der Waals surface area contributed by atoms with Crippen molar-refractivity contribution < 1.29 is 14.5 Å². The zero-order valence-corrected chi connectivity index (χ0v) is 10.6. The number of carbonyl (C=O) groups excluding carboxylic acids is 1. The van der Waals surface area contributed by atoms with Crippen molar-refractivity contribution in [3.8, 4) is 0 Å². The van der Waals surface area contributed by atoms with Crippen LogP contribution in [0.4, 0.5) is 11.5 Å². The van der Waals surface area contributed by atoms with Gasteiger partial charge in [-0.2, -0.15) is 5.10 Å². The minimum absolute atomic E-state index is 0.0153. The molecule has 0 bridgehead atoms. The van der Waals surface area contributed by atoms with Crippen molar-refractivity contribution >= 4 is 23.2 Å². The highest BCUT2D eigenvalue weighted by Gasteiger charge is 2.13. The molecule has 0 aliphatic heterocycles. The average molecular weight is 266 g/mol. The Labute approximate surface area is 109 Å². The molecule has 0 fully saturated rings. The first-order chi connectivity index (χ1) is 9.04. The Bertz CT molecular complexity index is 501. The van der Waals surface area contributed by atoms with Gasteiger partial charge in [-0.15, -0.1) is 0 Å². The van der Waals surface area contributed by atoms with Crippen LogP contribution in [0, 0.1) is 10.1 Å². The van der Waals surface area contributed by atoms with Gasteiger partial charge in [0, 0.05) is 18.0 Å². The maximum atomic E-state index is 11.2. The zero-order valence-electron chi connectivity index (χ0n) is 10.6. The lowest BCUT2D eigenvalue weighted by molar-refractivity contribution is -0.384. The van der Waals surface area contributed by atoms with E-state index in [1.54, 1.807) is 13.8 Å². The molecule has 19 heavy (non-hydrogen) atoms. The second-order valence-corrected chi connectivity index (χ2v) is 3.57. The normalized spacial score (nSPS) is 10.9. The van der Waals surface area contributed by atoms with Gasteiger partial charge in [0.05, 0.1) is 18.0 Å². The number of hydrogen-bond donors (Lipinski definition) is 1. The summed E-state index contributed by atoms with van der Waals surface area (Å²) in [6, 6.07) is 2.77. The Morgan fingerprint density at radius 2 is 2.37 bits per heavy atom. The molecule has 0 spiro atoms. The van der Waals surface area contributed by atoms with Crippen LogP contribution in [0.5, 0.6) is 0 Å². The topological polar surface area (TPSA) is 107 Å². The van der Waals surface area contributed by atoms with Crippen molar-refractivity contribution in [2.75, 3.05) is 12.0 Å². The summed E-state index contributed by atoms with van der Waals surface area (Å²) < 4.78 is 4.76. The minimum atomic E-state index is -0.564. The van der Waals surface area contributed by atoms with Crippen LogP contribution in [0.25, 0.3) is 0 Å². The summed E-state index contributed by atoms with van der Waals surface area (Å²) in [6.45, 7) is 3.61. The molecule has 1 N–H and O–H groups in total. The number of nitro groups is 1. The predicted molar refractivity (Wildman–Crippen MR) is 68.9 cm³/mol. The molecule has 0 radical (unpaired) electrons. The monoisotopic (exact) mass is 266 g/mol. The molecule has 0 aliphatic carbocycles. The zero-order chi connectivity index (χ0) is 14.3. The number of nitrogens with zero attached hydrogens (tertiary/aromatic N) is 3. The van der Waals surface area contributed by atoms with Crippen molar-refractivity contribution in [1.82, 2.24) is 4.98 Å². The van der Waals surface area contributed by atoms with Crippen molar-refractivity contribution in [3.63, 3.8) is 0 Å². The molecule has 1 aromatic rings. The number of carbonyl (C=O) groups is 1. The number of pyridine rings is 1. The summed E-state index contributed by atoms with van der Waals surface area (Å²) in [6.07, 6.45) is 1.42. The van der Waals surface area contributed by atoms with E-state index in [-0.39, 0.29) is 17.9 Å². The summed E-state index contributed by atoms with van der Waals surface area (Å²) in [5, 5.41) is 14.6. The highest BCUT2D eigenvalue weighted by atomic mass is 16.6. The second-order valence-electron chi connectivity index (χ2n) is 3.57. The molecule has 0 aliphatic rings. The highest BCUT2D eigenvalue weighted by Crippen LogP contribution is 2.20. The lowest BCUT2D eigenvalue weighted by Gasteiger charge is -2.03. The van der Waals surface area contributed by atoms with Crippen LogP contribution in [-0.2, 0) is 9.53 Å². The maximum Gasteiger partial charge on any atom is 0.313 e. The van der Waals surface area contributed by atoms with Gasteiger partial charge in [-0.1, -0.05) is 0 Å². The molecular formula is C11H14N4O4. The number of ether oxygens (including phenoxy) is 1. The second kappa shape index (κ2) is 7.04. The number of nitrogens with one attached hydrogen (secondary N) is 1. The van der Waals surface area contributed by atoms with E-state index in [9.17, 15) is 14.9 Å². The van der Waals surface area contributed by atoms with E-state index in [1.165, 1.54) is 18.3 Å². The number of rotatable bonds is 6. The molecule has 0 saturated carbocycles. The molecule has 1 rings (SSSR count). The molecule has 1 aromatic heterocycles. The van der Waals surface area contributed by atoms with Crippen LogP contribution in [0.3, 0.4) is 0 Å². The minimum Gasteiger partial charge on any atom is -0.466 e. The van der Waals surface area contributed by atoms with E-state index in [2.05, 4.69) is 15.5 Å². The van der Waals surface area contributed by atoms with Crippen LogP contribution in [0.15, 0.2) is 23.4 Å². The summed E-state index contributed by atoms with van der Waals surface area (Å²) in [4.78, 5) is 25.2. The van der Waals surface area contributed by atoms with E-state index in [4.69, 9.17) is 4.74 Å². The summed E-state index contributed by atoms with van der Waals surface area (Å²) in [5.41, 5.74) is 2.73. The van der Waals surface area contributed by atoms with Gasteiger partial charge in [0.2, 0.25) is 5.82 Å². The third-order valence-corrected chi connectivity index (χ3v) is 2.04. The largest absolute Gasteiger partial charge is 0.466 e. The molecule has 0 unspecified atom stereocenters. The SMILES string of the molecule is CCOC(=O)C/C(C)=N/Nc1ncccc1[N+](=O)[O-]. The van der Waals surface area contributed by atoms with Gasteiger partial charge in [-0.05, 0) is 19.9 Å². The number of esters is 1. The predicted octanol–water partition coefficient (Wildman–Crippen LogP) is 1.73. The number of aromatic nitrogens is 1. The molecule has 8 heteroatoms. The van der Waals surface area contributed by atoms with Crippen LogP contribution >= 0.6 is 0 Å². The number of hydrazone groups is 1. The molecule has 102 valence electrons. The van der Waals surface area contributed by atoms with Crippen molar-refractivity contribution in [2.45, 2.75) is 20.3 Å². The van der Waals surface area contributed by atoms with Crippen LogP contribution in [0.2, 0.25) is 0 Å². The first-order valence-corrected chi connectivity index (χ1v) is 5.58. The first kappa shape index (κ1) is 14.6. The van der Waals surface area contributed by atoms with Gasteiger partial charge in [-0.3, -0.25) is 20.3 Å². The fourth-order valence-electron chi connectivity index (χ4n) is 1.24. The van der Waals surface area contributed by atoms with Crippen LogP contribution in [-0.4, -0.2) is 28.2 Å². The first-order valence-electron chi connectivity index (χ1n) is 5.58. The average Bonchev–Trinajstić information content (AvgIpc) is 2.36. The van der Waals surface area contributed by atoms with Gasteiger partial charge < -0.3 is 4.74 Å². The quantitative estimate of drug-likeness (QED) is 0.363. The summed E-state index contributed by atoms with van der Waals surface area (Å²) in [7, 11) is 0. The van der Waals surface area contributed by atoms with Crippen molar-refractivity contribution in [3.05, 3.63) is 28.4 Å². The lowest BCUT2D eigenvalue weighted by Crippen LogP contribution is -2.10. The Kier molecular flexibility index (Phi) is 5.39. The number of hydrogen-bond acceptors (Lipinski definition) is 7. The molecule has 0 atom stereocenters. The highest BCUT2D eigenvalue weighted by molar-refractivity contribution is 5.97. The molecule has 0 aromatic carbocycles. The van der Waals surface area contributed by atoms with Gasteiger partial charge in [-0.25, -0.2) is 4.98 Å². The van der Waals surface area contributed by atoms with Gasteiger partial charge in [0.15, 0.2) is 0 Å². The standard InChI is InChI=1S/C11H14N4O4/c1-3-19-10(16)7-8(2)13-14-11-9(15(17)18)5-4-6-12-11/h4-6H,3,7H2,1-2H3,(H,12,14)/b13-8+. The fraction of sp³-hybridized carbons (Fsp3) is 0.364. The number of anilines is 1. The maximum absolute atomic E-state index is 11.2. The van der Waals surface area contributed by atoms with E-state index >= 15 is 0 Å². The van der Waals surface area contributed by atoms with Gasteiger partial charge in [0.1, 0.15) is 0 Å². The third kappa shape index (κ3) is 4.70. The van der Waals surface area contributed by atoms with Crippen molar-refractivity contribution in [1.29, 1.82) is 0 Å². The summed E-state index contributed by atoms with van der Waals surface area (Å²) in [5.74, 6) is -0.378. The smallest absolute Gasteiger partial charge is 0.313 e. The van der Waals surface area contributed by atoms with Gasteiger partial charge in [0.25, 0.3) is 0 Å². The summed E-state index contributed by atoms with van der Waals surface area (Å²) >= 11 is 0. The third-order valence-electron chi connectivity index (χ3n) is 2.04. The van der Waals surface area contributed by atoms with Gasteiger partial charge >= 0.3 is 11.7 Å². The molecular weight excluding hydrogens is 252 g/mol. The Morgan fingerprint density at radius 1 is 1.63 bits per heavy atom. The Balaban J connectivity index is 2.70. The molecule has 0 amide bonds. The van der Waals surface area contributed by atoms with Crippen molar-refractivity contribution in [2.24, 2.45) is 5.10 Å². The van der Waals surface area contributed by atoms with Crippen LogP contribution in [0.1, 0.15) is 20.3 Å². The molecule has 1 heterocycles. The van der Waals surface area contributed by atoms with E-state index < -0.39 is 10.9 Å². The van der Waals surface area contributed by atoms with E-state index in [0.29, 0.717) is 12.3 Å². The Morgan fingerprint density at radius 3 is 3.00 bits per heavy atom. The fourth-order valence-corrected chi connectivity index (χ4v) is 1.24. The van der Waals surface area contributed by atoms with Crippen LogP contribution < -0.4 is 5.43 Å². The lowest BCUT2D eigenvalue weighted by atomic mass is 10.3.